The maximum Gasteiger partial charge on any atom is 0.124 e. The van der Waals surface area contributed by atoms with Gasteiger partial charge in [-0.25, -0.2) is 4.39 Å². The SMILES string of the molecule is C=C(/C=c1/c(-c2cc3c(-c4cc(F)cc(CNC)c4)cccc3[nH]2)n[nH]/c1=C/C)/C(C)=C/N=C(C)C. The van der Waals surface area contributed by atoms with Crippen molar-refractivity contribution in [1.29, 1.82) is 0 Å². The van der Waals surface area contributed by atoms with Crippen LogP contribution >= 0.6 is 0 Å². The van der Waals surface area contributed by atoms with Crippen molar-refractivity contribution in [3.8, 4) is 22.5 Å². The fraction of sp³-hybridized carbons (Fsp3) is 0.200. The molecule has 184 valence electrons. The van der Waals surface area contributed by atoms with Crippen molar-refractivity contribution in [2.45, 2.75) is 34.2 Å². The van der Waals surface area contributed by atoms with Crippen LogP contribution in [0.4, 0.5) is 4.39 Å². The standard InChI is InChI=1S/C30H32FN5/c1-7-27-26(11-19(4)20(5)16-33-18(2)3)30(36-35-27)29-15-25-24(9-8-10-28(25)34-29)22-12-21(17-32-6)13-23(31)14-22/h7-16,32,34-35H,4,17H2,1-3,5-6H3/b20-16+,26-11+,27-7+. The van der Waals surface area contributed by atoms with Crippen LogP contribution in [0.1, 0.15) is 33.3 Å². The molecule has 2 aromatic carbocycles. The van der Waals surface area contributed by atoms with Crippen LogP contribution < -0.4 is 15.9 Å². The molecule has 4 aromatic rings. The molecule has 0 atom stereocenters. The molecule has 2 aromatic heterocycles. The molecule has 0 radical (unpaired) electrons. The number of benzene rings is 2. The van der Waals surface area contributed by atoms with Crippen molar-refractivity contribution < 1.29 is 4.39 Å². The van der Waals surface area contributed by atoms with Crippen LogP contribution in [0.25, 0.3) is 45.6 Å². The molecule has 0 unspecified atom stereocenters. The minimum Gasteiger partial charge on any atom is -0.353 e. The Hall–Kier alpha value is -4.03. The van der Waals surface area contributed by atoms with Gasteiger partial charge in [0.1, 0.15) is 11.5 Å². The normalized spacial score (nSPS) is 13.0. The number of fused-ring (bicyclic) bond motifs is 1. The predicted molar refractivity (Wildman–Crippen MR) is 150 cm³/mol. The number of aromatic nitrogens is 3. The van der Waals surface area contributed by atoms with E-state index in [1.54, 1.807) is 12.1 Å². The molecule has 6 heteroatoms. The lowest BCUT2D eigenvalue weighted by Crippen LogP contribution is -2.23. The Bertz CT molecular complexity index is 1610. The largest absolute Gasteiger partial charge is 0.353 e. The number of allylic oxidation sites excluding steroid dienone is 2. The van der Waals surface area contributed by atoms with Crippen molar-refractivity contribution in [3.05, 3.63) is 88.3 Å². The molecular formula is C30H32FN5. The average molecular weight is 482 g/mol. The van der Waals surface area contributed by atoms with E-state index in [9.17, 15) is 4.39 Å². The third kappa shape index (κ3) is 5.29. The van der Waals surface area contributed by atoms with Crippen LogP contribution in [0.3, 0.4) is 0 Å². The topological polar surface area (TPSA) is 68.9 Å². The molecule has 0 bridgehead atoms. The van der Waals surface area contributed by atoms with Crippen LogP contribution in [0, 0.1) is 5.82 Å². The van der Waals surface area contributed by atoms with Gasteiger partial charge in [-0.05, 0) is 99.0 Å². The first-order valence-electron chi connectivity index (χ1n) is 12.0. The minimum atomic E-state index is -0.248. The van der Waals surface area contributed by atoms with E-state index in [4.69, 9.17) is 0 Å². The van der Waals surface area contributed by atoms with Gasteiger partial charge < -0.3 is 10.3 Å². The molecular weight excluding hydrogens is 449 g/mol. The van der Waals surface area contributed by atoms with Crippen LogP contribution in [0.15, 0.2) is 71.4 Å². The summed E-state index contributed by atoms with van der Waals surface area (Å²) in [5.41, 5.74) is 8.16. The zero-order valence-electron chi connectivity index (χ0n) is 21.5. The quantitative estimate of drug-likeness (QED) is 0.237. The van der Waals surface area contributed by atoms with Crippen LogP contribution in [0.2, 0.25) is 0 Å². The summed E-state index contributed by atoms with van der Waals surface area (Å²) < 4.78 is 14.4. The van der Waals surface area contributed by atoms with E-state index in [1.807, 2.05) is 77.4 Å². The molecule has 5 nitrogen and oxygen atoms in total. The molecule has 0 saturated carbocycles. The number of aromatic amines is 2. The molecule has 0 aliphatic rings. The smallest absolute Gasteiger partial charge is 0.124 e. The number of H-pyrrole nitrogens is 2. The van der Waals surface area contributed by atoms with Gasteiger partial charge in [-0.2, -0.15) is 5.10 Å². The van der Waals surface area contributed by atoms with Gasteiger partial charge >= 0.3 is 0 Å². The number of rotatable bonds is 7. The Balaban J connectivity index is 1.85. The lowest BCUT2D eigenvalue weighted by Gasteiger charge is -2.07. The van der Waals surface area contributed by atoms with Gasteiger partial charge in [-0.3, -0.25) is 10.1 Å². The summed E-state index contributed by atoms with van der Waals surface area (Å²) in [5.74, 6) is -0.248. The van der Waals surface area contributed by atoms with E-state index >= 15 is 0 Å². The lowest BCUT2D eigenvalue weighted by atomic mass is 9.99. The van der Waals surface area contributed by atoms with Crippen LogP contribution in [-0.2, 0) is 6.54 Å². The van der Waals surface area contributed by atoms with Crippen molar-refractivity contribution in [3.63, 3.8) is 0 Å². The Morgan fingerprint density at radius 2 is 1.97 bits per heavy atom. The van der Waals surface area contributed by atoms with Gasteiger partial charge in [-0.15, -0.1) is 0 Å². The van der Waals surface area contributed by atoms with Gasteiger partial charge in [0.05, 0.1) is 11.0 Å². The highest BCUT2D eigenvalue weighted by molar-refractivity contribution is 5.98. The van der Waals surface area contributed by atoms with E-state index < -0.39 is 0 Å². The lowest BCUT2D eigenvalue weighted by molar-refractivity contribution is 0.624. The van der Waals surface area contributed by atoms with E-state index in [0.29, 0.717) is 6.54 Å². The maximum absolute atomic E-state index is 14.4. The zero-order valence-corrected chi connectivity index (χ0v) is 21.5. The Morgan fingerprint density at radius 1 is 1.17 bits per heavy atom. The monoisotopic (exact) mass is 481 g/mol. The van der Waals surface area contributed by atoms with Crippen LogP contribution in [-0.4, -0.2) is 27.9 Å². The maximum atomic E-state index is 14.4. The number of halogens is 1. The van der Waals surface area contributed by atoms with E-state index in [2.05, 4.69) is 38.1 Å². The second-order valence-corrected chi connectivity index (χ2v) is 9.07. The summed E-state index contributed by atoms with van der Waals surface area (Å²) in [4.78, 5) is 7.90. The van der Waals surface area contributed by atoms with E-state index in [-0.39, 0.29) is 5.82 Å². The van der Waals surface area contributed by atoms with Crippen molar-refractivity contribution in [1.82, 2.24) is 20.5 Å². The Labute approximate surface area is 210 Å². The second-order valence-electron chi connectivity index (χ2n) is 9.07. The minimum absolute atomic E-state index is 0.248. The van der Waals surface area contributed by atoms with E-state index in [1.165, 1.54) is 0 Å². The first kappa shape index (κ1) is 25.1. The molecule has 0 amide bonds. The molecule has 0 fully saturated rings. The zero-order chi connectivity index (χ0) is 25.8. The highest BCUT2D eigenvalue weighted by atomic mass is 19.1. The number of nitrogens with zero attached hydrogens (tertiary/aromatic N) is 2. The van der Waals surface area contributed by atoms with Crippen LogP contribution in [0.5, 0.6) is 0 Å². The van der Waals surface area contributed by atoms with Gasteiger partial charge in [0.2, 0.25) is 0 Å². The number of nitrogens with one attached hydrogen (secondary N) is 3. The Morgan fingerprint density at radius 3 is 2.69 bits per heavy atom. The summed E-state index contributed by atoms with van der Waals surface area (Å²) in [6.45, 7) is 12.7. The Kier molecular flexibility index (Phi) is 7.46. The van der Waals surface area contributed by atoms with Crippen molar-refractivity contribution in [2.24, 2.45) is 4.99 Å². The van der Waals surface area contributed by atoms with Crippen molar-refractivity contribution >= 4 is 28.8 Å². The molecule has 3 N–H and O–H groups in total. The molecule has 0 aliphatic carbocycles. The molecule has 2 heterocycles. The fourth-order valence-electron chi connectivity index (χ4n) is 4.18. The molecule has 4 rings (SSSR count). The van der Waals surface area contributed by atoms with Gasteiger partial charge in [0.25, 0.3) is 0 Å². The molecule has 36 heavy (non-hydrogen) atoms. The van der Waals surface area contributed by atoms with Crippen molar-refractivity contribution in [2.75, 3.05) is 7.05 Å². The number of hydrogen-bond donors (Lipinski definition) is 3. The number of hydrogen-bond acceptors (Lipinski definition) is 3. The van der Waals surface area contributed by atoms with Gasteiger partial charge in [0, 0.05) is 34.6 Å². The third-order valence-electron chi connectivity index (χ3n) is 6.03. The van der Waals surface area contributed by atoms with Gasteiger partial charge in [-0.1, -0.05) is 24.8 Å². The predicted octanol–water partition coefficient (Wildman–Crippen LogP) is 5.61. The summed E-state index contributed by atoms with van der Waals surface area (Å²) in [7, 11) is 1.86. The summed E-state index contributed by atoms with van der Waals surface area (Å²) in [6.07, 6.45) is 5.86. The fourth-order valence-corrected chi connectivity index (χ4v) is 4.18. The second kappa shape index (κ2) is 10.7. The summed E-state index contributed by atoms with van der Waals surface area (Å²) >= 11 is 0. The summed E-state index contributed by atoms with van der Waals surface area (Å²) in [5, 5.41) is 13.7. The molecule has 0 saturated heterocycles. The average Bonchev–Trinajstić information content (AvgIpc) is 3.45. The first-order chi connectivity index (χ1) is 17.3. The third-order valence-corrected chi connectivity index (χ3v) is 6.03. The highest BCUT2D eigenvalue weighted by Crippen LogP contribution is 2.32. The highest BCUT2D eigenvalue weighted by Gasteiger charge is 2.13. The molecule has 0 spiro atoms. The van der Waals surface area contributed by atoms with Gasteiger partial charge in [0.15, 0.2) is 0 Å². The summed E-state index contributed by atoms with van der Waals surface area (Å²) in [6, 6.07) is 13.3. The van der Waals surface area contributed by atoms with E-state index in [0.717, 1.165) is 66.4 Å². The first-order valence-corrected chi connectivity index (χ1v) is 12.0. The number of aliphatic imine (C=N–C) groups is 1. The molecule has 0 aliphatic heterocycles.